The van der Waals surface area contributed by atoms with Crippen LogP contribution in [0.3, 0.4) is 0 Å². The second-order valence-corrected chi connectivity index (χ2v) is 8.07. The highest BCUT2D eigenvalue weighted by Gasteiger charge is 2.36. The van der Waals surface area contributed by atoms with Gasteiger partial charge in [0.15, 0.2) is 0 Å². The van der Waals surface area contributed by atoms with Gasteiger partial charge in [-0.15, -0.1) is 0 Å². The Morgan fingerprint density at radius 3 is 2.57 bits per heavy atom. The third-order valence-corrected chi connectivity index (χ3v) is 6.15. The van der Waals surface area contributed by atoms with Crippen LogP contribution in [0, 0.1) is 0 Å². The van der Waals surface area contributed by atoms with Crippen LogP contribution in [-0.4, -0.2) is 18.9 Å². The number of nitrogens with one attached hydrogen (secondary N) is 1. The van der Waals surface area contributed by atoms with Crippen molar-refractivity contribution in [1.29, 1.82) is 0 Å². The van der Waals surface area contributed by atoms with Gasteiger partial charge in [-0.25, -0.2) is 18.1 Å². The summed E-state index contributed by atoms with van der Waals surface area (Å²) in [7, 11) is -3.58. The minimum Gasteiger partial charge on any atom is -0.242 e. The number of nitrogens with zero attached hydrogens (tertiary/aromatic N) is 1. The first kappa shape index (κ1) is 15.0. The third-order valence-electron chi connectivity index (χ3n) is 3.91. The summed E-state index contributed by atoms with van der Waals surface area (Å²) in [6, 6.07) is 4.71. The average Bonchev–Trinajstić information content (AvgIpc) is 2.40. The van der Waals surface area contributed by atoms with Crippen molar-refractivity contribution in [2.45, 2.75) is 36.6 Å². The number of sulfonamides is 1. The molecule has 1 aromatic heterocycles. The quantitative estimate of drug-likeness (QED) is 0.862. The van der Waals surface area contributed by atoms with Crippen LogP contribution in [0.4, 0.5) is 0 Å². The average molecular weight is 345 g/mol. The highest BCUT2D eigenvalue weighted by Crippen LogP contribution is 2.34. The van der Waals surface area contributed by atoms with Gasteiger partial charge in [0, 0.05) is 22.5 Å². The van der Waals surface area contributed by atoms with Crippen molar-refractivity contribution in [3.05, 3.63) is 34.6 Å². The molecule has 1 N–H and O–H groups in total. The van der Waals surface area contributed by atoms with Crippen molar-refractivity contribution >= 4 is 44.0 Å². The Bertz CT molecular complexity index is 817. The number of benzene rings is 1. The molecule has 1 saturated carbocycles. The van der Waals surface area contributed by atoms with Gasteiger partial charge in [0.1, 0.15) is 5.15 Å². The van der Waals surface area contributed by atoms with Crippen molar-refractivity contribution < 1.29 is 8.42 Å². The molecule has 1 aliphatic carbocycles. The van der Waals surface area contributed by atoms with Crippen LogP contribution in [0.1, 0.15) is 26.2 Å². The van der Waals surface area contributed by atoms with Crippen LogP contribution in [-0.2, 0) is 10.0 Å². The van der Waals surface area contributed by atoms with E-state index in [1.807, 2.05) is 6.92 Å². The minimum absolute atomic E-state index is 0.175. The van der Waals surface area contributed by atoms with E-state index in [9.17, 15) is 8.42 Å². The maximum Gasteiger partial charge on any atom is 0.241 e. The van der Waals surface area contributed by atoms with Crippen molar-refractivity contribution in [2.24, 2.45) is 0 Å². The largest absolute Gasteiger partial charge is 0.242 e. The first-order chi connectivity index (χ1) is 9.81. The summed E-state index contributed by atoms with van der Waals surface area (Å²) in [5, 5.41) is 1.90. The van der Waals surface area contributed by atoms with Gasteiger partial charge in [0.25, 0.3) is 0 Å². The second-order valence-electron chi connectivity index (χ2n) is 5.62. The maximum atomic E-state index is 12.5. The molecule has 2 aromatic rings. The normalized spacial score (nSPS) is 17.7. The van der Waals surface area contributed by atoms with E-state index in [0.717, 1.165) is 19.3 Å². The van der Waals surface area contributed by atoms with Crippen molar-refractivity contribution in [2.75, 3.05) is 0 Å². The molecule has 0 aliphatic heterocycles. The zero-order chi connectivity index (χ0) is 15.3. The first-order valence-electron chi connectivity index (χ1n) is 6.59. The number of pyridine rings is 1. The molecular formula is C14H14Cl2N2O2S. The van der Waals surface area contributed by atoms with Crippen LogP contribution < -0.4 is 4.72 Å². The van der Waals surface area contributed by atoms with Gasteiger partial charge in [-0.2, -0.15) is 0 Å². The molecular weight excluding hydrogens is 331 g/mol. The van der Waals surface area contributed by atoms with Gasteiger partial charge in [-0.1, -0.05) is 29.3 Å². The molecule has 0 spiro atoms. The van der Waals surface area contributed by atoms with Crippen LogP contribution in [0.15, 0.2) is 29.3 Å². The highest BCUT2D eigenvalue weighted by molar-refractivity contribution is 7.89. The van der Waals surface area contributed by atoms with Crippen molar-refractivity contribution in [1.82, 2.24) is 9.71 Å². The summed E-state index contributed by atoms with van der Waals surface area (Å²) >= 11 is 12.1. The Kier molecular flexibility index (Phi) is 3.64. The summed E-state index contributed by atoms with van der Waals surface area (Å²) in [5.41, 5.74) is -0.343. The minimum atomic E-state index is -3.58. The Labute approximate surface area is 133 Å². The molecule has 21 heavy (non-hydrogen) atoms. The maximum absolute atomic E-state index is 12.5. The molecule has 1 aromatic carbocycles. The fourth-order valence-corrected chi connectivity index (χ4v) is 4.42. The van der Waals surface area contributed by atoms with Gasteiger partial charge in [0.05, 0.1) is 9.92 Å². The summed E-state index contributed by atoms with van der Waals surface area (Å²) in [6.45, 7) is 1.92. The number of aromatic nitrogens is 1. The van der Waals surface area contributed by atoms with Crippen LogP contribution >= 0.6 is 23.2 Å². The number of rotatable bonds is 3. The molecule has 0 saturated heterocycles. The molecule has 0 atom stereocenters. The summed E-state index contributed by atoms with van der Waals surface area (Å²) in [4.78, 5) is 4.13. The lowest BCUT2D eigenvalue weighted by Gasteiger charge is -2.38. The van der Waals surface area contributed by atoms with Gasteiger partial charge in [0.2, 0.25) is 10.0 Å². The number of fused-ring (bicyclic) bond motifs is 1. The van der Waals surface area contributed by atoms with E-state index < -0.39 is 10.0 Å². The molecule has 0 unspecified atom stereocenters. The molecule has 7 heteroatoms. The summed E-state index contributed by atoms with van der Waals surface area (Å²) in [5.74, 6) is 0. The number of halogens is 2. The third kappa shape index (κ3) is 2.75. The monoisotopic (exact) mass is 344 g/mol. The zero-order valence-corrected chi connectivity index (χ0v) is 13.7. The van der Waals surface area contributed by atoms with E-state index in [2.05, 4.69) is 9.71 Å². The van der Waals surface area contributed by atoms with Crippen LogP contribution in [0.25, 0.3) is 10.8 Å². The molecule has 1 fully saturated rings. The molecule has 0 radical (unpaired) electrons. The van der Waals surface area contributed by atoms with E-state index in [-0.39, 0.29) is 15.6 Å². The summed E-state index contributed by atoms with van der Waals surface area (Å²) < 4.78 is 27.7. The lowest BCUT2D eigenvalue weighted by atomic mass is 9.80. The smallest absolute Gasteiger partial charge is 0.241 e. The molecule has 3 rings (SSSR count). The molecule has 112 valence electrons. The fraction of sp³-hybridized carbons (Fsp3) is 0.357. The highest BCUT2D eigenvalue weighted by atomic mass is 35.5. The molecule has 0 bridgehead atoms. The number of hydrogen-bond acceptors (Lipinski definition) is 3. The molecule has 4 nitrogen and oxygen atoms in total. The second kappa shape index (κ2) is 5.09. The van der Waals surface area contributed by atoms with E-state index in [1.54, 1.807) is 6.07 Å². The standard InChI is InChI=1S/C14H14Cl2N2O2S/c1-14(5-2-6-14)18-21(19,20)9-3-4-10-11(7-9)13(16)17-8-12(10)15/h3-4,7-8,18H,2,5-6H2,1H3. The zero-order valence-electron chi connectivity index (χ0n) is 11.4. The Morgan fingerprint density at radius 1 is 1.24 bits per heavy atom. The van der Waals surface area contributed by atoms with Crippen molar-refractivity contribution in [3.63, 3.8) is 0 Å². The summed E-state index contributed by atoms with van der Waals surface area (Å²) in [6.07, 6.45) is 4.21. The fourth-order valence-electron chi connectivity index (χ4n) is 2.51. The predicted octanol–water partition coefficient (Wildman–Crippen LogP) is 3.76. The van der Waals surface area contributed by atoms with E-state index in [1.165, 1.54) is 18.3 Å². The van der Waals surface area contributed by atoms with Crippen LogP contribution in [0.5, 0.6) is 0 Å². The van der Waals surface area contributed by atoms with Gasteiger partial charge in [-0.05, 0) is 38.3 Å². The Hall–Kier alpha value is -0.880. The predicted molar refractivity (Wildman–Crippen MR) is 84.3 cm³/mol. The topological polar surface area (TPSA) is 59.1 Å². The Morgan fingerprint density at radius 2 is 1.95 bits per heavy atom. The lowest BCUT2D eigenvalue weighted by molar-refractivity contribution is 0.248. The first-order valence-corrected chi connectivity index (χ1v) is 8.82. The van der Waals surface area contributed by atoms with Gasteiger partial charge >= 0.3 is 0 Å². The van der Waals surface area contributed by atoms with Gasteiger partial charge in [-0.3, -0.25) is 0 Å². The lowest BCUT2D eigenvalue weighted by Crippen LogP contribution is -2.50. The molecule has 1 heterocycles. The van der Waals surface area contributed by atoms with Gasteiger partial charge < -0.3 is 0 Å². The Balaban J connectivity index is 2.06. The van der Waals surface area contributed by atoms with Crippen molar-refractivity contribution in [3.8, 4) is 0 Å². The van der Waals surface area contributed by atoms with E-state index in [4.69, 9.17) is 23.2 Å². The van der Waals surface area contributed by atoms with E-state index in [0.29, 0.717) is 15.8 Å². The SMILES string of the molecule is CC1(NS(=O)(=O)c2ccc3c(Cl)cnc(Cl)c3c2)CCC1. The molecule has 1 aliphatic rings. The van der Waals surface area contributed by atoms with E-state index >= 15 is 0 Å². The molecule has 0 amide bonds. The van der Waals surface area contributed by atoms with Crippen LogP contribution in [0.2, 0.25) is 10.2 Å². The number of hydrogen-bond donors (Lipinski definition) is 1.